The van der Waals surface area contributed by atoms with Gasteiger partial charge < -0.3 is 37.9 Å². The van der Waals surface area contributed by atoms with Crippen molar-refractivity contribution in [2.24, 2.45) is 23.7 Å². The lowest BCUT2D eigenvalue weighted by Crippen LogP contribution is -2.20. The Balaban J connectivity index is 0.852. The fourth-order valence-electron chi connectivity index (χ4n) is 6.26. The summed E-state index contributed by atoms with van der Waals surface area (Å²) < 4.78 is 43.6. The van der Waals surface area contributed by atoms with Crippen LogP contribution >= 0.6 is 0 Å². The van der Waals surface area contributed by atoms with E-state index in [4.69, 9.17) is 37.9 Å². The maximum absolute atomic E-state index is 11.8. The summed E-state index contributed by atoms with van der Waals surface area (Å²) in [4.78, 5) is 23.6. The minimum absolute atomic E-state index is 0.157. The molecular formula is C33H56O10. The fraction of sp³-hybridized carbons (Fsp3) is 0.939. The van der Waals surface area contributed by atoms with Crippen molar-refractivity contribution < 1.29 is 47.5 Å². The molecule has 0 amide bonds. The molecule has 0 aromatic carbocycles. The summed E-state index contributed by atoms with van der Waals surface area (Å²) in [5.74, 6) is 1.19. The first kappa shape index (κ1) is 34.6. The van der Waals surface area contributed by atoms with Crippen LogP contribution in [0.25, 0.3) is 0 Å². The van der Waals surface area contributed by atoms with Crippen LogP contribution < -0.4 is 0 Å². The average Bonchev–Trinajstić information content (AvgIpc) is 3.92. The highest BCUT2D eigenvalue weighted by Gasteiger charge is 2.44. The molecule has 10 heteroatoms. The third-order valence-electron chi connectivity index (χ3n) is 9.29. The molecule has 2 aliphatic carbocycles. The van der Waals surface area contributed by atoms with Crippen LogP contribution in [0.3, 0.4) is 0 Å². The minimum atomic E-state index is -0.553. The minimum Gasteiger partial charge on any atom is -0.426 e. The summed E-state index contributed by atoms with van der Waals surface area (Å²) in [5.41, 5.74) is 0. The Kier molecular flexibility index (Phi) is 15.5. The number of fused-ring (bicyclic) bond motifs is 2. The lowest BCUT2D eigenvalue weighted by atomic mass is 9.90. The molecule has 0 N–H and O–H groups in total. The maximum Gasteiger partial charge on any atom is 0.334 e. The second-order valence-corrected chi connectivity index (χ2v) is 13.3. The van der Waals surface area contributed by atoms with Gasteiger partial charge in [0.2, 0.25) is 6.79 Å². The molecule has 0 radical (unpaired) electrons. The zero-order valence-corrected chi connectivity index (χ0v) is 26.6. The number of carbonyl (C=O) groups is 2. The lowest BCUT2D eigenvalue weighted by Gasteiger charge is -2.19. The van der Waals surface area contributed by atoms with E-state index in [1.807, 2.05) is 0 Å². The molecule has 0 aromatic rings. The first-order valence-corrected chi connectivity index (χ1v) is 16.9. The predicted molar refractivity (Wildman–Crippen MR) is 158 cm³/mol. The summed E-state index contributed by atoms with van der Waals surface area (Å²) in [6, 6.07) is 0. The van der Waals surface area contributed by atoms with Gasteiger partial charge in [-0.2, -0.15) is 0 Å². The van der Waals surface area contributed by atoms with Crippen molar-refractivity contribution in [2.75, 3.05) is 59.6 Å². The van der Waals surface area contributed by atoms with Crippen LogP contribution in [0.15, 0.2) is 0 Å². The number of hydrogen-bond donors (Lipinski definition) is 0. The van der Waals surface area contributed by atoms with Crippen molar-refractivity contribution in [3.63, 3.8) is 0 Å². The van der Waals surface area contributed by atoms with Gasteiger partial charge in [-0.1, -0.05) is 13.8 Å². The van der Waals surface area contributed by atoms with Gasteiger partial charge in [-0.05, 0) is 101 Å². The molecule has 8 atom stereocenters. The predicted octanol–water partition coefficient (Wildman–Crippen LogP) is 4.84. The Morgan fingerprint density at radius 3 is 1.51 bits per heavy atom. The second kappa shape index (κ2) is 19.3. The molecule has 0 aromatic heterocycles. The summed E-state index contributed by atoms with van der Waals surface area (Å²) in [6.45, 7) is 7.87. The number of hydrogen-bond acceptors (Lipinski definition) is 10. The molecule has 2 heterocycles. The molecule has 2 saturated heterocycles. The SMILES string of the molecule is CC(CCCOCC1CCC2OC2C1)CCOCC(=O)OCOC(=O)COCCC(C)CCCOCC1CCC2OC2C1. The monoisotopic (exact) mass is 612 g/mol. The van der Waals surface area contributed by atoms with Crippen molar-refractivity contribution in [1.82, 2.24) is 0 Å². The standard InChI is InChI=1S/C33H56O10/c1-24(5-3-13-36-19-26-7-9-28-30(17-26)42-28)11-15-38-21-32(34)40-23-41-33(35)22-39-16-12-25(2)6-4-14-37-20-27-8-10-29-31(18-27)43-29/h24-31H,3-23H2,1-2H3. The second-order valence-electron chi connectivity index (χ2n) is 13.3. The molecule has 4 rings (SSSR count). The molecule has 0 spiro atoms. The van der Waals surface area contributed by atoms with Crippen molar-refractivity contribution in [2.45, 2.75) is 115 Å². The summed E-state index contributed by atoms with van der Waals surface area (Å²) in [7, 11) is 0. The first-order valence-electron chi connectivity index (χ1n) is 16.9. The van der Waals surface area contributed by atoms with E-state index in [1.165, 1.54) is 25.7 Å². The molecule has 43 heavy (non-hydrogen) atoms. The van der Waals surface area contributed by atoms with Crippen LogP contribution in [0.1, 0.15) is 90.9 Å². The number of ether oxygens (including phenoxy) is 8. The van der Waals surface area contributed by atoms with Crippen molar-refractivity contribution >= 4 is 11.9 Å². The van der Waals surface area contributed by atoms with Crippen LogP contribution in [0, 0.1) is 23.7 Å². The van der Waals surface area contributed by atoms with Crippen LogP contribution in [0.4, 0.5) is 0 Å². The Hall–Kier alpha value is -1.30. The zero-order valence-electron chi connectivity index (χ0n) is 26.6. The molecule has 248 valence electrons. The van der Waals surface area contributed by atoms with E-state index in [0.29, 0.717) is 61.3 Å². The Labute approximate surface area is 258 Å². The third kappa shape index (κ3) is 14.6. The largest absolute Gasteiger partial charge is 0.426 e. The van der Waals surface area contributed by atoms with Gasteiger partial charge in [0.05, 0.1) is 24.4 Å². The fourth-order valence-corrected chi connectivity index (χ4v) is 6.26. The Bertz CT molecular complexity index is 745. The molecular weight excluding hydrogens is 556 g/mol. The highest BCUT2D eigenvalue weighted by atomic mass is 16.7. The van der Waals surface area contributed by atoms with Crippen molar-refractivity contribution in [3.8, 4) is 0 Å². The van der Waals surface area contributed by atoms with Crippen molar-refractivity contribution in [1.29, 1.82) is 0 Å². The molecule has 4 aliphatic rings. The molecule has 2 aliphatic heterocycles. The molecule has 10 nitrogen and oxygen atoms in total. The van der Waals surface area contributed by atoms with E-state index >= 15 is 0 Å². The van der Waals surface area contributed by atoms with Gasteiger partial charge in [0.25, 0.3) is 0 Å². The zero-order chi connectivity index (χ0) is 30.3. The van der Waals surface area contributed by atoms with Crippen LogP contribution in [0.2, 0.25) is 0 Å². The third-order valence-corrected chi connectivity index (χ3v) is 9.29. The molecule has 4 fully saturated rings. The highest BCUT2D eigenvalue weighted by molar-refractivity contribution is 5.72. The number of carbonyl (C=O) groups excluding carboxylic acids is 2. The summed E-state index contributed by atoms with van der Waals surface area (Å²) in [5, 5.41) is 0. The van der Waals surface area contributed by atoms with Gasteiger partial charge in [0.1, 0.15) is 13.2 Å². The van der Waals surface area contributed by atoms with E-state index in [0.717, 1.165) is 77.8 Å². The van der Waals surface area contributed by atoms with E-state index < -0.39 is 18.7 Å². The average molecular weight is 613 g/mol. The van der Waals surface area contributed by atoms with Gasteiger partial charge in [-0.3, -0.25) is 0 Å². The van der Waals surface area contributed by atoms with Crippen LogP contribution in [-0.2, 0) is 47.5 Å². The summed E-state index contributed by atoms with van der Waals surface area (Å²) >= 11 is 0. The Morgan fingerprint density at radius 2 is 1.07 bits per heavy atom. The molecule has 8 unspecified atom stereocenters. The first-order chi connectivity index (χ1) is 21.0. The van der Waals surface area contributed by atoms with Crippen molar-refractivity contribution in [3.05, 3.63) is 0 Å². The molecule has 2 saturated carbocycles. The Morgan fingerprint density at radius 1 is 0.605 bits per heavy atom. The van der Waals surface area contributed by atoms with E-state index in [1.54, 1.807) is 0 Å². The maximum atomic E-state index is 11.8. The highest BCUT2D eigenvalue weighted by Crippen LogP contribution is 2.40. The van der Waals surface area contributed by atoms with Gasteiger partial charge in [-0.25, -0.2) is 9.59 Å². The normalized spacial score (nSPS) is 28.8. The number of epoxide rings is 2. The van der Waals surface area contributed by atoms with Gasteiger partial charge >= 0.3 is 11.9 Å². The van der Waals surface area contributed by atoms with Gasteiger partial charge in [0, 0.05) is 39.6 Å². The smallest absolute Gasteiger partial charge is 0.334 e. The van der Waals surface area contributed by atoms with Gasteiger partial charge in [0.15, 0.2) is 0 Å². The van der Waals surface area contributed by atoms with E-state index in [-0.39, 0.29) is 13.2 Å². The topological polar surface area (TPSA) is 115 Å². The lowest BCUT2D eigenvalue weighted by molar-refractivity contribution is -0.173. The quantitative estimate of drug-likeness (QED) is 0.0649. The summed E-state index contributed by atoms with van der Waals surface area (Å²) in [6.07, 6.45) is 15.2. The van der Waals surface area contributed by atoms with E-state index in [2.05, 4.69) is 13.8 Å². The molecule has 0 bridgehead atoms. The van der Waals surface area contributed by atoms with Crippen LogP contribution in [-0.4, -0.2) is 96.0 Å². The number of esters is 2. The van der Waals surface area contributed by atoms with E-state index in [9.17, 15) is 9.59 Å². The van der Waals surface area contributed by atoms with Gasteiger partial charge in [-0.15, -0.1) is 0 Å². The number of rotatable bonds is 24. The van der Waals surface area contributed by atoms with Crippen LogP contribution in [0.5, 0.6) is 0 Å².